The Morgan fingerprint density at radius 2 is 0.474 bits per heavy atom. The van der Waals surface area contributed by atoms with E-state index in [1.165, 1.54) is 251 Å². The van der Waals surface area contributed by atoms with E-state index in [1.807, 2.05) is 6.07 Å². The molecule has 19 aromatic carbocycles. The minimum Gasteiger partial charge on any atom is -0.456 e. The van der Waals surface area contributed by atoms with Crippen LogP contribution in [0.5, 0.6) is 0 Å². The number of hydrogen-bond donors (Lipinski definition) is 0. The molecule has 137 heavy (non-hydrogen) atoms. The van der Waals surface area contributed by atoms with Gasteiger partial charge in [-0.05, 0) is 374 Å². The van der Waals surface area contributed by atoms with Crippen molar-refractivity contribution in [1.82, 2.24) is 18.3 Å². The maximum Gasteiger partial charge on any atom is 0.135 e. The van der Waals surface area contributed by atoms with Gasteiger partial charge in [0.15, 0.2) is 0 Å². The molecule has 10 aliphatic carbocycles. The summed E-state index contributed by atoms with van der Waals surface area (Å²) in [5.74, 6) is 6.55. The molecular formula is C132H96N4O. The molecule has 2 spiro atoms. The topological polar surface area (TPSA) is 32.9 Å². The van der Waals surface area contributed by atoms with Crippen molar-refractivity contribution < 1.29 is 4.42 Å². The Balaban J connectivity index is 0.000000127. The van der Waals surface area contributed by atoms with Crippen LogP contribution < -0.4 is 0 Å². The Morgan fingerprint density at radius 1 is 0.175 bits per heavy atom. The minimum absolute atomic E-state index is 0.115. The Bertz CT molecular complexity index is 9210. The molecule has 0 aliphatic heterocycles. The zero-order valence-electron chi connectivity index (χ0n) is 76.1. The van der Waals surface area contributed by atoms with Crippen LogP contribution in [-0.4, -0.2) is 18.3 Å². The van der Waals surface area contributed by atoms with E-state index < -0.39 is 0 Å². The second-order valence-electron chi connectivity index (χ2n) is 41.8. The molecule has 5 aromatic heterocycles. The standard InChI is InChI=1S/C68H50N2.C64H46N2O/c1-2-10-44(11-3-1)49-22-29-66-60(38-49)61-40-51(24-31-67(61)70(66)55-27-28-57-56-14-6-8-16-62(56)68(63(57)41-55)52-33-42-32-43(35-52)36-53(68)34-42)50-23-30-65-59(39-50)58-15-7-9-17-64(58)69(65)54-25-20-46(21-26-54)48-19-18-45-12-4-5-13-47(45)37-48;1-2-10-40(11-3-1)41-18-24-60-53(33-41)54-35-43(42-19-25-59-52(34-42)50-13-5-8-16-58(50)65(59)46-22-27-63-55(36-46)51-14-6-9-17-62(51)67-63)20-26-61(54)66(60)47-21-23-49-48-12-4-7-15-56(48)64(57(49)37-47)44-29-38-28-39(31-44)32-45(64)30-38/h1-31,37-43,52-53H,32-36H2;1-27,33-39,44-45H,28-32H2. The zero-order valence-corrected chi connectivity index (χ0v) is 76.1. The molecular weight excluding hydrogens is 1660 g/mol. The minimum atomic E-state index is 0.115. The Kier molecular flexibility index (Phi) is 16.3. The first-order valence-corrected chi connectivity index (χ1v) is 50.1. The van der Waals surface area contributed by atoms with Crippen molar-refractivity contribution in [2.45, 2.75) is 75.0 Å². The van der Waals surface area contributed by atoms with E-state index in [2.05, 4.69) is 425 Å². The van der Waals surface area contributed by atoms with Crippen molar-refractivity contribution in [3.63, 3.8) is 0 Å². The summed E-state index contributed by atoms with van der Waals surface area (Å²) in [6.07, 6.45) is 14.0. The Morgan fingerprint density at radius 3 is 0.927 bits per heavy atom. The van der Waals surface area contributed by atoms with Crippen molar-refractivity contribution in [2.24, 2.45) is 47.3 Å². The molecule has 8 bridgehead atoms. The number of fused-ring (bicyclic) bond motifs is 22. The number of furan rings is 1. The van der Waals surface area contributed by atoms with Crippen LogP contribution in [0.1, 0.15) is 86.5 Å². The van der Waals surface area contributed by atoms with Crippen molar-refractivity contribution in [3.05, 3.63) is 435 Å². The number of benzene rings is 19. The van der Waals surface area contributed by atoms with E-state index in [0.717, 1.165) is 80.7 Å². The lowest BCUT2D eigenvalue weighted by Crippen LogP contribution is -2.55. The summed E-state index contributed by atoms with van der Waals surface area (Å²) in [6.45, 7) is 0. The number of rotatable bonds is 9. The van der Waals surface area contributed by atoms with Crippen molar-refractivity contribution >= 4 is 120 Å². The molecule has 10 aliphatic rings. The highest BCUT2D eigenvalue weighted by molar-refractivity contribution is 6.17. The van der Waals surface area contributed by atoms with Gasteiger partial charge in [-0.25, -0.2) is 0 Å². The molecule has 24 aromatic rings. The van der Waals surface area contributed by atoms with Crippen LogP contribution in [0.15, 0.2) is 417 Å². The summed E-state index contributed by atoms with van der Waals surface area (Å²) in [6, 6.07) is 156. The second-order valence-corrected chi connectivity index (χ2v) is 41.8. The van der Waals surface area contributed by atoms with Crippen LogP contribution in [0.4, 0.5) is 0 Å². The zero-order chi connectivity index (χ0) is 89.2. The molecule has 5 heterocycles. The van der Waals surface area contributed by atoms with Gasteiger partial charge in [-0.2, -0.15) is 0 Å². The molecule has 650 valence electrons. The Hall–Kier alpha value is -15.6. The van der Waals surface area contributed by atoms with Crippen LogP contribution in [-0.2, 0) is 10.8 Å². The predicted octanol–water partition coefficient (Wildman–Crippen LogP) is 34.6. The first kappa shape index (κ1) is 76.8. The lowest BCUT2D eigenvalue weighted by atomic mass is 9.43. The third-order valence-corrected chi connectivity index (χ3v) is 35.2. The van der Waals surface area contributed by atoms with Gasteiger partial charge in [-0.3, -0.25) is 0 Å². The van der Waals surface area contributed by atoms with E-state index >= 15 is 0 Å². The molecule has 0 amide bonds. The number of para-hydroxylation sites is 3. The van der Waals surface area contributed by atoms with Crippen LogP contribution in [0, 0.1) is 47.3 Å². The number of hydrogen-bond acceptors (Lipinski definition) is 1. The maximum absolute atomic E-state index is 6.24. The van der Waals surface area contributed by atoms with Gasteiger partial charge in [-0.1, -0.05) is 261 Å². The normalized spacial score (nSPS) is 21.2. The number of nitrogens with zero attached hydrogens (tertiary/aromatic N) is 4. The average molecular weight is 1750 g/mol. The van der Waals surface area contributed by atoms with E-state index in [9.17, 15) is 0 Å². The molecule has 5 nitrogen and oxygen atoms in total. The van der Waals surface area contributed by atoms with Crippen molar-refractivity contribution in [3.8, 4) is 101 Å². The van der Waals surface area contributed by atoms with Gasteiger partial charge >= 0.3 is 0 Å². The monoisotopic (exact) mass is 1750 g/mol. The van der Waals surface area contributed by atoms with Crippen LogP contribution in [0.2, 0.25) is 0 Å². The van der Waals surface area contributed by atoms with Gasteiger partial charge in [0, 0.05) is 87.4 Å². The first-order chi connectivity index (χ1) is 67.8. The van der Waals surface area contributed by atoms with Gasteiger partial charge in [-0.15, -0.1) is 0 Å². The molecule has 34 rings (SSSR count). The fourth-order valence-electron chi connectivity index (χ4n) is 30.0. The summed E-state index contributed by atoms with van der Waals surface area (Å²) >= 11 is 0. The highest BCUT2D eigenvalue weighted by Gasteiger charge is 2.63. The lowest BCUT2D eigenvalue weighted by Gasteiger charge is -2.61. The van der Waals surface area contributed by atoms with E-state index in [-0.39, 0.29) is 10.8 Å². The van der Waals surface area contributed by atoms with E-state index in [4.69, 9.17) is 4.42 Å². The van der Waals surface area contributed by atoms with Crippen LogP contribution in [0.3, 0.4) is 0 Å². The summed E-state index contributed by atoms with van der Waals surface area (Å²) in [7, 11) is 0. The van der Waals surface area contributed by atoms with Gasteiger partial charge in [0.05, 0.1) is 44.1 Å². The highest BCUT2D eigenvalue weighted by Crippen LogP contribution is 2.72. The quantitative estimate of drug-likeness (QED) is 0.142. The summed E-state index contributed by atoms with van der Waals surface area (Å²) < 4.78 is 16.2. The predicted molar refractivity (Wildman–Crippen MR) is 569 cm³/mol. The summed E-state index contributed by atoms with van der Waals surface area (Å²) in [4.78, 5) is 0. The van der Waals surface area contributed by atoms with Gasteiger partial charge in [0.25, 0.3) is 0 Å². The van der Waals surface area contributed by atoms with E-state index in [0.29, 0.717) is 0 Å². The molecule has 0 N–H and O–H groups in total. The molecule has 5 heteroatoms. The third kappa shape index (κ3) is 11.1. The lowest BCUT2D eigenvalue weighted by molar-refractivity contribution is -0.0399. The fourth-order valence-corrected chi connectivity index (χ4v) is 30.0. The first-order valence-electron chi connectivity index (χ1n) is 50.1. The van der Waals surface area contributed by atoms with Gasteiger partial charge < -0.3 is 22.7 Å². The fraction of sp³-hybridized carbons (Fsp3) is 0.152. The van der Waals surface area contributed by atoms with Crippen molar-refractivity contribution in [1.29, 1.82) is 0 Å². The summed E-state index contributed by atoms with van der Waals surface area (Å²) in [5, 5.41) is 15.0. The highest BCUT2D eigenvalue weighted by atomic mass is 16.3. The van der Waals surface area contributed by atoms with E-state index in [1.54, 1.807) is 22.3 Å². The Labute approximate surface area is 794 Å². The smallest absolute Gasteiger partial charge is 0.135 e. The molecule has 0 unspecified atom stereocenters. The SMILES string of the molecule is c1ccc(-c2ccc3c(c2)c2cc(-c4ccc5c(c4)c4ccccc4n5-c4ccc(-c5ccc6ccccc6c5)cc4)ccc2n3-c2ccc3c(c2)C2(c4ccccc4-3)C3CC4CC(C3)CC2C4)cc1.c1ccc(-c2ccc3c(c2)c2cc(-c4ccc5c(c4)c4ccccc4n5-c4ccc5oc6ccccc6c5c4)ccc2n3-c2ccc3c(c2)C2(c4ccccc4-3)C3CC4CC(C3)CC2C4)cc1. The molecule has 0 atom stereocenters. The van der Waals surface area contributed by atoms with Crippen LogP contribution in [0.25, 0.3) is 221 Å². The molecule has 8 saturated carbocycles. The number of aromatic nitrogens is 4. The summed E-state index contributed by atoms with van der Waals surface area (Å²) in [5.41, 5.74) is 41.4. The molecule has 0 saturated heterocycles. The third-order valence-electron chi connectivity index (χ3n) is 35.2. The maximum atomic E-state index is 6.24. The van der Waals surface area contributed by atoms with Crippen molar-refractivity contribution in [2.75, 3.05) is 0 Å². The van der Waals surface area contributed by atoms with Gasteiger partial charge in [0.2, 0.25) is 0 Å². The largest absolute Gasteiger partial charge is 0.456 e. The van der Waals surface area contributed by atoms with Crippen LogP contribution >= 0.6 is 0 Å². The van der Waals surface area contributed by atoms with Gasteiger partial charge in [0.1, 0.15) is 11.2 Å². The molecule has 0 radical (unpaired) electrons. The average Bonchev–Trinajstić information content (AvgIpc) is 1.53. The molecule has 8 fully saturated rings. The second kappa shape index (κ2) is 29.0.